The van der Waals surface area contributed by atoms with E-state index in [2.05, 4.69) is 21.2 Å². The average Bonchev–Trinajstić information content (AvgIpc) is 2.67. The third kappa shape index (κ3) is 5.13. The molecule has 0 fully saturated rings. The number of anilines is 1. The molecule has 0 aliphatic rings. The predicted molar refractivity (Wildman–Crippen MR) is 104 cm³/mol. The van der Waals surface area contributed by atoms with E-state index < -0.39 is 18.5 Å². The summed E-state index contributed by atoms with van der Waals surface area (Å²) in [5.74, 6) is -0.167. The molecule has 0 heterocycles. The average molecular weight is 438 g/mol. The SMILES string of the molecule is COc1cc(OC)c(C(=O)OCC(=O)Nc2ccc(C)c(Br)c2)cc1OC. The van der Waals surface area contributed by atoms with E-state index in [4.69, 9.17) is 18.9 Å². The molecular formula is C19H20BrNO6. The molecule has 0 unspecified atom stereocenters. The Morgan fingerprint density at radius 1 is 0.963 bits per heavy atom. The van der Waals surface area contributed by atoms with Crippen molar-refractivity contribution < 1.29 is 28.5 Å². The zero-order valence-electron chi connectivity index (χ0n) is 15.4. The van der Waals surface area contributed by atoms with Crippen molar-refractivity contribution in [2.45, 2.75) is 6.92 Å². The molecule has 0 saturated heterocycles. The van der Waals surface area contributed by atoms with Crippen molar-refractivity contribution in [3.8, 4) is 17.2 Å². The highest BCUT2D eigenvalue weighted by Crippen LogP contribution is 2.34. The van der Waals surface area contributed by atoms with E-state index in [1.165, 1.54) is 33.5 Å². The normalized spacial score (nSPS) is 10.1. The minimum Gasteiger partial charge on any atom is -0.496 e. The van der Waals surface area contributed by atoms with Crippen molar-refractivity contribution >= 4 is 33.5 Å². The van der Waals surface area contributed by atoms with Gasteiger partial charge in [0, 0.05) is 22.3 Å². The lowest BCUT2D eigenvalue weighted by Gasteiger charge is -2.13. The Balaban J connectivity index is 2.06. The summed E-state index contributed by atoms with van der Waals surface area (Å²) in [5, 5.41) is 2.66. The van der Waals surface area contributed by atoms with Crippen LogP contribution in [-0.4, -0.2) is 39.8 Å². The van der Waals surface area contributed by atoms with Gasteiger partial charge in [-0.1, -0.05) is 22.0 Å². The van der Waals surface area contributed by atoms with E-state index in [0.29, 0.717) is 17.2 Å². The second kappa shape index (κ2) is 9.27. The van der Waals surface area contributed by atoms with Crippen molar-refractivity contribution in [1.29, 1.82) is 0 Å². The molecule has 8 heteroatoms. The number of benzene rings is 2. The molecule has 0 bridgehead atoms. The summed E-state index contributed by atoms with van der Waals surface area (Å²) in [6.07, 6.45) is 0. The Morgan fingerprint density at radius 3 is 2.19 bits per heavy atom. The van der Waals surface area contributed by atoms with Gasteiger partial charge in [-0.15, -0.1) is 0 Å². The van der Waals surface area contributed by atoms with Gasteiger partial charge in [0.05, 0.1) is 21.3 Å². The van der Waals surface area contributed by atoms with Crippen LogP contribution in [0.4, 0.5) is 5.69 Å². The fraction of sp³-hybridized carbons (Fsp3) is 0.263. The van der Waals surface area contributed by atoms with E-state index in [9.17, 15) is 9.59 Å². The van der Waals surface area contributed by atoms with Crippen LogP contribution in [-0.2, 0) is 9.53 Å². The van der Waals surface area contributed by atoms with Gasteiger partial charge in [-0.2, -0.15) is 0 Å². The summed E-state index contributed by atoms with van der Waals surface area (Å²) in [4.78, 5) is 24.4. The van der Waals surface area contributed by atoms with Gasteiger partial charge in [0.15, 0.2) is 18.1 Å². The lowest BCUT2D eigenvalue weighted by Crippen LogP contribution is -2.21. The molecule has 0 atom stereocenters. The number of amides is 1. The highest BCUT2D eigenvalue weighted by Gasteiger charge is 2.20. The van der Waals surface area contributed by atoms with Crippen molar-refractivity contribution in [2.75, 3.05) is 33.3 Å². The molecule has 2 aromatic rings. The molecule has 0 aliphatic heterocycles. The fourth-order valence-corrected chi connectivity index (χ4v) is 2.64. The summed E-state index contributed by atoms with van der Waals surface area (Å²) < 4.78 is 21.5. The van der Waals surface area contributed by atoms with Crippen LogP contribution in [0.25, 0.3) is 0 Å². The smallest absolute Gasteiger partial charge is 0.342 e. The first-order valence-electron chi connectivity index (χ1n) is 7.92. The lowest BCUT2D eigenvalue weighted by molar-refractivity contribution is -0.119. The Labute approximate surface area is 165 Å². The molecular weight excluding hydrogens is 418 g/mol. The molecule has 27 heavy (non-hydrogen) atoms. The van der Waals surface area contributed by atoms with Crippen molar-refractivity contribution in [2.24, 2.45) is 0 Å². The van der Waals surface area contributed by atoms with E-state index >= 15 is 0 Å². The molecule has 0 aliphatic carbocycles. The first-order valence-corrected chi connectivity index (χ1v) is 8.72. The minimum absolute atomic E-state index is 0.126. The Bertz CT molecular complexity index is 852. The molecule has 0 spiro atoms. The number of aryl methyl sites for hydroxylation is 1. The quantitative estimate of drug-likeness (QED) is 0.666. The van der Waals surface area contributed by atoms with Gasteiger partial charge in [0.2, 0.25) is 0 Å². The Kier molecular flexibility index (Phi) is 7.06. The van der Waals surface area contributed by atoms with E-state index in [1.54, 1.807) is 12.1 Å². The topological polar surface area (TPSA) is 83.1 Å². The molecule has 2 aromatic carbocycles. The van der Waals surface area contributed by atoms with Gasteiger partial charge in [-0.25, -0.2) is 4.79 Å². The van der Waals surface area contributed by atoms with Crippen molar-refractivity contribution in [1.82, 2.24) is 0 Å². The monoisotopic (exact) mass is 437 g/mol. The number of carbonyl (C=O) groups excluding carboxylic acids is 2. The Hall–Kier alpha value is -2.74. The van der Waals surface area contributed by atoms with E-state index in [-0.39, 0.29) is 11.3 Å². The maximum absolute atomic E-state index is 12.4. The number of nitrogens with one attached hydrogen (secondary N) is 1. The van der Waals surface area contributed by atoms with Gasteiger partial charge in [0.25, 0.3) is 5.91 Å². The van der Waals surface area contributed by atoms with Crippen LogP contribution in [0.15, 0.2) is 34.8 Å². The highest BCUT2D eigenvalue weighted by atomic mass is 79.9. The summed E-state index contributed by atoms with van der Waals surface area (Å²) in [6.45, 7) is 1.50. The summed E-state index contributed by atoms with van der Waals surface area (Å²) in [5.41, 5.74) is 1.76. The van der Waals surface area contributed by atoms with Crippen LogP contribution < -0.4 is 19.5 Å². The summed E-state index contributed by atoms with van der Waals surface area (Å²) >= 11 is 3.40. The number of esters is 1. The number of halogens is 1. The maximum Gasteiger partial charge on any atom is 0.342 e. The number of ether oxygens (including phenoxy) is 4. The lowest BCUT2D eigenvalue weighted by atomic mass is 10.1. The van der Waals surface area contributed by atoms with Crippen LogP contribution in [0.5, 0.6) is 17.2 Å². The van der Waals surface area contributed by atoms with Gasteiger partial charge in [-0.3, -0.25) is 4.79 Å². The summed E-state index contributed by atoms with van der Waals surface area (Å²) in [7, 11) is 4.34. The summed E-state index contributed by atoms with van der Waals surface area (Å²) in [6, 6.07) is 8.35. The number of carbonyl (C=O) groups is 2. The predicted octanol–water partition coefficient (Wildman–Crippen LogP) is 3.58. The molecule has 144 valence electrons. The third-order valence-electron chi connectivity index (χ3n) is 3.72. The minimum atomic E-state index is -0.715. The molecule has 0 aromatic heterocycles. The number of hydrogen-bond donors (Lipinski definition) is 1. The molecule has 0 radical (unpaired) electrons. The largest absolute Gasteiger partial charge is 0.496 e. The molecule has 0 saturated carbocycles. The highest BCUT2D eigenvalue weighted by molar-refractivity contribution is 9.10. The van der Waals surface area contributed by atoms with E-state index in [1.807, 2.05) is 13.0 Å². The number of methoxy groups -OCH3 is 3. The van der Waals surface area contributed by atoms with E-state index in [0.717, 1.165) is 10.0 Å². The van der Waals surface area contributed by atoms with Crippen LogP contribution in [0.1, 0.15) is 15.9 Å². The third-order valence-corrected chi connectivity index (χ3v) is 4.57. The fourth-order valence-electron chi connectivity index (χ4n) is 2.27. The van der Waals surface area contributed by atoms with Crippen LogP contribution >= 0.6 is 15.9 Å². The molecule has 1 N–H and O–H groups in total. The van der Waals surface area contributed by atoms with Gasteiger partial charge >= 0.3 is 5.97 Å². The second-order valence-corrected chi connectivity index (χ2v) is 6.35. The van der Waals surface area contributed by atoms with Crippen LogP contribution in [0, 0.1) is 6.92 Å². The first-order chi connectivity index (χ1) is 12.9. The van der Waals surface area contributed by atoms with Gasteiger partial charge in [-0.05, 0) is 24.6 Å². The second-order valence-electron chi connectivity index (χ2n) is 5.50. The maximum atomic E-state index is 12.4. The van der Waals surface area contributed by atoms with Crippen LogP contribution in [0.3, 0.4) is 0 Å². The van der Waals surface area contributed by atoms with Crippen molar-refractivity contribution in [3.05, 3.63) is 45.9 Å². The molecule has 1 amide bonds. The van der Waals surface area contributed by atoms with Gasteiger partial charge in [0.1, 0.15) is 11.3 Å². The van der Waals surface area contributed by atoms with Crippen molar-refractivity contribution in [3.63, 3.8) is 0 Å². The molecule has 2 rings (SSSR count). The zero-order chi connectivity index (χ0) is 20.0. The standard InChI is InChI=1S/C19H20BrNO6/c1-11-5-6-12(7-14(11)20)21-18(22)10-27-19(23)13-8-16(25-3)17(26-4)9-15(13)24-2/h5-9H,10H2,1-4H3,(H,21,22). The first kappa shape index (κ1) is 20.6. The molecule has 7 nitrogen and oxygen atoms in total. The zero-order valence-corrected chi connectivity index (χ0v) is 17.0. The number of rotatable bonds is 7. The van der Waals surface area contributed by atoms with Crippen LogP contribution in [0.2, 0.25) is 0 Å². The number of hydrogen-bond acceptors (Lipinski definition) is 6. The van der Waals surface area contributed by atoms with Gasteiger partial charge < -0.3 is 24.3 Å². The Morgan fingerprint density at radius 2 is 1.59 bits per heavy atom.